The molecule has 0 radical (unpaired) electrons. The zero-order valence-corrected chi connectivity index (χ0v) is 11.2. The summed E-state index contributed by atoms with van der Waals surface area (Å²) in [5.41, 5.74) is 1.08. The highest BCUT2D eigenvalue weighted by Gasteiger charge is 2.31. The van der Waals surface area contributed by atoms with Gasteiger partial charge in [0.25, 0.3) is 0 Å². The van der Waals surface area contributed by atoms with Crippen LogP contribution < -0.4 is 0 Å². The third-order valence-corrected chi connectivity index (χ3v) is 5.36. The predicted molar refractivity (Wildman–Crippen MR) is 68.3 cm³/mol. The van der Waals surface area contributed by atoms with Gasteiger partial charge in [0, 0.05) is 13.1 Å². The fraction of sp³-hybridized carbons (Fsp3) is 0.538. The Morgan fingerprint density at radius 1 is 1.29 bits per heavy atom. The van der Waals surface area contributed by atoms with E-state index in [9.17, 15) is 8.42 Å². The van der Waals surface area contributed by atoms with Gasteiger partial charge in [-0.25, -0.2) is 8.42 Å². The Balaban J connectivity index is 2.22. The van der Waals surface area contributed by atoms with E-state index < -0.39 is 10.0 Å². The molecule has 0 aromatic heterocycles. The number of sulfonamides is 1. The minimum absolute atomic E-state index is 0.417. The standard InChI is InChI=1S/C13H19NO2S/c1-3-12-8-9-14(10-12)17(15,16)13-6-4-11(2)5-7-13/h4-7,12H,3,8-10H2,1-2H3. The van der Waals surface area contributed by atoms with Crippen molar-refractivity contribution in [3.63, 3.8) is 0 Å². The van der Waals surface area contributed by atoms with Gasteiger partial charge in [0.2, 0.25) is 10.0 Å². The van der Waals surface area contributed by atoms with Gasteiger partial charge in [-0.05, 0) is 31.4 Å². The highest BCUT2D eigenvalue weighted by Crippen LogP contribution is 2.25. The SMILES string of the molecule is CCC1CCN(S(=O)(=O)c2ccc(C)cc2)C1. The number of benzene rings is 1. The first-order valence-electron chi connectivity index (χ1n) is 6.11. The molecule has 0 amide bonds. The van der Waals surface area contributed by atoms with Crippen LogP contribution in [-0.2, 0) is 10.0 Å². The van der Waals surface area contributed by atoms with Crippen LogP contribution in [0.25, 0.3) is 0 Å². The maximum absolute atomic E-state index is 12.3. The first-order chi connectivity index (χ1) is 8.04. The van der Waals surface area contributed by atoms with Crippen LogP contribution in [0.5, 0.6) is 0 Å². The lowest BCUT2D eigenvalue weighted by molar-refractivity contribution is 0.453. The summed E-state index contributed by atoms with van der Waals surface area (Å²) in [6.45, 7) is 5.41. The van der Waals surface area contributed by atoms with Crippen molar-refractivity contribution in [1.82, 2.24) is 4.31 Å². The van der Waals surface area contributed by atoms with E-state index in [1.165, 1.54) is 0 Å². The van der Waals surface area contributed by atoms with Crippen molar-refractivity contribution in [2.75, 3.05) is 13.1 Å². The summed E-state index contributed by atoms with van der Waals surface area (Å²) in [4.78, 5) is 0.417. The lowest BCUT2D eigenvalue weighted by atomic mass is 10.1. The summed E-state index contributed by atoms with van der Waals surface area (Å²) in [6.07, 6.45) is 2.04. The Morgan fingerprint density at radius 2 is 1.94 bits per heavy atom. The smallest absolute Gasteiger partial charge is 0.207 e. The van der Waals surface area contributed by atoms with Gasteiger partial charge < -0.3 is 0 Å². The van der Waals surface area contributed by atoms with Gasteiger partial charge in [0.05, 0.1) is 4.90 Å². The third-order valence-electron chi connectivity index (χ3n) is 3.48. The first-order valence-corrected chi connectivity index (χ1v) is 7.55. The average molecular weight is 253 g/mol. The average Bonchev–Trinajstić information content (AvgIpc) is 2.78. The fourth-order valence-electron chi connectivity index (χ4n) is 2.21. The number of hydrogen-bond acceptors (Lipinski definition) is 2. The molecule has 1 unspecified atom stereocenters. The quantitative estimate of drug-likeness (QED) is 0.829. The van der Waals surface area contributed by atoms with Crippen LogP contribution in [0, 0.1) is 12.8 Å². The number of nitrogens with zero attached hydrogens (tertiary/aromatic N) is 1. The molecule has 1 aliphatic heterocycles. The molecule has 1 atom stereocenters. The molecule has 0 N–H and O–H groups in total. The molecule has 0 saturated carbocycles. The van der Waals surface area contributed by atoms with Crippen LogP contribution in [0.15, 0.2) is 29.2 Å². The van der Waals surface area contributed by atoms with E-state index in [1.54, 1.807) is 16.4 Å². The maximum Gasteiger partial charge on any atom is 0.243 e. The van der Waals surface area contributed by atoms with E-state index in [1.807, 2.05) is 19.1 Å². The molecule has 1 aromatic carbocycles. The molecule has 1 fully saturated rings. The predicted octanol–water partition coefficient (Wildman–Crippen LogP) is 2.42. The number of hydrogen-bond donors (Lipinski definition) is 0. The molecule has 0 bridgehead atoms. The molecule has 1 aromatic rings. The van der Waals surface area contributed by atoms with E-state index in [2.05, 4.69) is 6.92 Å². The monoisotopic (exact) mass is 253 g/mol. The van der Waals surface area contributed by atoms with Crippen LogP contribution >= 0.6 is 0 Å². The summed E-state index contributed by atoms with van der Waals surface area (Å²) in [5.74, 6) is 0.523. The second kappa shape index (κ2) is 4.78. The number of aryl methyl sites for hydroxylation is 1. The first kappa shape index (κ1) is 12.6. The Kier molecular flexibility index (Phi) is 3.54. The Bertz CT molecular complexity index is 479. The van der Waals surface area contributed by atoms with Crippen molar-refractivity contribution >= 4 is 10.0 Å². The maximum atomic E-state index is 12.3. The molecule has 17 heavy (non-hydrogen) atoms. The minimum atomic E-state index is -3.27. The Labute approximate surface area is 104 Å². The zero-order chi connectivity index (χ0) is 12.5. The van der Waals surface area contributed by atoms with Gasteiger partial charge in [0.15, 0.2) is 0 Å². The summed E-state index contributed by atoms with van der Waals surface area (Å²) in [7, 11) is -3.27. The lowest BCUT2D eigenvalue weighted by Gasteiger charge is -2.16. The molecule has 2 rings (SSSR count). The largest absolute Gasteiger partial charge is 0.243 e. The second-order valence-corrected chi connectivity index (χ2v) is 6.68. The molecule has 1 aliphatic rings. The van der Waals surface area contributed by atoms with Gasteiger partial charge in [-0.3, -0.25) is 0 Å². The summed E-state index contributed by atoms with van der Waals surface area (Å²) in [6, 6.07) is 7.09. The van der Waals surface area contributed by atoms with Crippen molar-refractivity contribution in [2.45, 2.75) is 31.6 Å². The van der Waals surface area contributed by atoms with Crippen molar-refractivity contribution < 1.29 is 8.42 Å². The van der Waals surface area contributed by atoms with E-state index in [0.717, 1.165) is 18.4 Å². The Morgan fingerprint density at radius 3 is 2.47 bits per heavy atom. The molecule has 94 valence electrons. The fourth-order valence-corrected chi connectivity index (χ4v) is 3.74. The number of rotatable bonds is 3. The van der Waals surface area contributed by atoms with Crippen molar-refractivity contribution in [2.24, 2.45) is 5.92 Å². The second-order valence-electron chi connectivity index (χ2n) is 4.74. The van der Waals surface area contributed by atoms with E-state index in [4.69, 9.17) is 0 Å². The molecule has 0 aliphatic carbocycles. The summed E-state index contributed by atoms with van der Waals surface area (Å²) in [5, 5.41) is 0. The van der Waals surface area contributed by atoms with Gasteiger partial charge >= 0.3 is 0 Å². The van der Waals surface area contributed by atoms with Crippen molar-refractivity contribution in [3.8, 4) is 0 Å². The van der Waals surface area contributed by atoms with E-state index >= 15 is 0 Å². The van der Waals surface area contributed by atoms with Gasteiger partial charge in [0.1, 0.15) is 0 Å². The molecule has 3 nitrogen and oxygen atoms in total. The van der Waals surface area contributed by atoms with Crippen LogP contribution in [0.2, 0.25) is 0 Å². The molecular weight excluding hydrogens is 234 g/mol. The molecule has 4 heteroatoms. The zero-order valence-electron chi connectivity index (χ0n) is 10.4. The van der Waals surface area contributed by atoms with Crippen molar-refractivity contribution in [3.05, 3.63) is 29.8 Å². The summed E-state index contributed by atoms with van der Waals surface area (Å²) < 4.78 is 26.3. The topological polar surface area (TPSA) is 37.4 Å². The van der Waals surface area contributed by atoms with Crippen LogP contribution in [-0.4, -0.2) is 25.8 Å². The molecule has 1 heterocycles. The lowest BCUT2D eigenvalue weighted by Crippen LogP contribution is -2.28. The summed E-state index contributed by atoms with van der Waals surface area (Å²) >= 11 is 0. The van der Waals surface area contributed by atoms with Gasteiger partial charge in [-0.15, -0.1) is 0 Å². The van der Waals surface area contributed by atoms with Crippen LogP contribution in [0.1, 0.15) is 25.3 Å². The van der Waals surface area contributed by atoms with Gasteiger partial charge in [-0.2, -0.15) is 4.31 Å². The van der Waals surface area contributed by atoms with Crippen molar-refractivity contribution in [1.29, 1.82) is 0 Å². The van der Waals surface area contributed by atoms with Crippen LogP contribution in [0.4, 0.5) is 0 Å². The van der Waals surface area contributed by atoms with E-state index in [0.29, 0.717) is 23.9 Å². The normalized spacial score (nSPS) is 21.9. The van der Waals surface area contributed by atoms with Crippen LogP contribution in [0.3, 0.4) is 0 Å². The molecule has 0 spiro atoms. The highest BCUT2D eigenvalue weighted by atomic mass is 32.2. The Hall–Kier alpha value is -0.870. The van der Waals surface area contributed by atoms with E-state index in [-0.39, 0.29) is 0 Å². The molecule has 1 saturated heterocycles. The van der Waals surface area contributed by atoms with Gasteiger partial charge in [-0.1, -0.05) is 31.0 Å². The highest BCUT2D eigenvalue weighted by molar-refractivity contribution is 7.89. The third kappa shape index (κ3) is 2.53. The molecular formula is C13H19NO2S. The minimum Gasteiger partial charge on any atom is -0.207 e.